The van der Waals surface area contributed by atoms with Crippen LogP contribution in [0, 0.1) is 0 Å². The van der Waals surface area contributed by atoms with Crippen LogP contribution in [0.3, 0.4) is 0 Å². The third kappa shape index (κ3) is 3.34. The molecule has 0 unspecified atom stereocenters. The van der Waals surface area contributed by atoms with Gasteiger partial charge in [0.1, 0.15) is 5.75 Å². The number of hydrogen-bond donors (Lipinski definition) is 2. The number of amides is 1. The van der Waals surface area contributed by atoms with Crippen LogP contribution in [-0.2, 0) is 11.0 Å². The molecule has 4 N–H and O–H groups in total. The number of nitrogens with two attached hydrogens (primary N) is 2. The van der Waals surface area contributed by atoms with Crippen LogP contribution >= 0.6 is 0 Å². The third-order valence-electron chi connectivity index (χ3n) is 1.64. The average molecular weight is 234 g/mol. The van der Waals surface area contributed by atoms with Gasteiger partial charge in [0.2, 0.25) is 0 Å². The van der Waals surface area contributed by atoms with Gasteiger partial charge in [-0.3, -0.25) is 4.79 Å². The first-order chi connectivity index (χ1) is 7.29. The van der Waals surface area contributed by atoms with E-state index in [1.807, 2.05) is 0 Å². The summed E-state index contributed by atoms with van der Waals surface area (Å²) in [5.74, 6) is -0.929. The molecule has 0 fully saturated rings. The molecule has 0 aliphatic rings. The second kappa shape index (κ2) is 4.30. The molecule has 0 atom stereocenters. The monoisotopic (exact) mass is 234 g/mol. The van der Waals surface area contributed by atoms with Gasteiger partial charge < -0.3 is 16.2 Å². The molecule has 0 aromatic heterocycles. The Balaban J connectivity index is 2.94. The van der Waals surface area contributed by atoms with Gasteiger partial charge in [0.05, 0.1) is 5.56 Å². The number of primary amides is 1. The second-order valence-electron chi connectivity index (χ2n) is 3.04. The first-order valence-corrected chi connectivity index (χ1v) is 4.18. The van der Waals surface area contributed by atoms with Gasteiger partial charge in [0.25, 0.3) is 5.91 Å². The van der Waals surface area contributed by atoms with Crippen molar-refractivity contribution in [1.82, 2.24) is 0 Å². The zero-order chi connectivity index (χ0) is 12.3. The zero-order valence-corrected chi connectivity index (χ0v) is 8.04. The summed E-state index contributed by atoms with van der Waals surface area (Å²) >= 11 is 0. The molecule has 7 heteroatoms. The van der Waals surface area contributed by atoms with Gasteiger partial charge in [-0.05, 0) is 12.1 Å². The molecular weight excluding hydrogens is 225 g/mol. The predicted molar refractivity (Wildman–Crippen MR) is 50.5 cm³/mol. The van der Waals surface area contributed by atoms with E-state index < -0.39 is 24.3 Å². The average Bonchev–Trinajstić information content (AvgIpc) is 2.12. The smallest absolute Gasteiger partial charge is 0.416 e. The normalized spacial score (nSPS) is 11.2. The molecule has 0 saturated heterocycles. The van der Waals surface area contributed by atoms with Gasteiger partial charge in [-0.15, -0.1) is 0 Å². The largest absolute Gasteiger partial charge is 0.484 e. The van der Waals surface area contributed by atoms with Crippen LogP contribution in [0.5, 0.6) is 5.75 Å². The Morgan fingerprint density at radius 1 is 1.31 bits per heavy atom. The molecular formula is C9H9F3N2O2. The van der Waals surface area contributed by atoms with Crippen molar-refractivity contribution in [3.05, 3.63) is 23.8 Å². The summed E-state index contributed by atoms with van der Waals surface area (Å²) in [6, 6.07) is 2.70. The van der Waals surface area contributed by atoms with E-state index in [-0.39, 0.29) is 11.4 Å². The van der Waals surface area contributed by atoms with E-state index in [1.54, 1.807) is 0 Å². The topological polar surface area (TPSA) is 78.3 Å². The molecule has 1 aromatic rings. The maximum atomic E-state index is 12.3. The van der Waals surface area contributed by atoms with E-state index in [9.17, 15) is 18.0 Å². The number of anilines is 1. The van der Waals surface area contributed by atoms with Gasteiger partial charge in [-0.2, -0.15) is 13.2 Å². The Morgan fingerprint density at radius 2 is 1.94 bits per heavy atom. The van der Waals surface area contributed by atoms with E-state index in [4.69, 9.17) is 16.2 Å². The van der Waals surface area contributed by atoms with E-state index in [2.05, 4.69) is 0 Å². The first-order valence-electron chi connectivity index (χ1n) is 4.18. The lowest BCUT2D eigenvalue weighted by Crippen LogP contribution is -2.20. The number of carbonyl (C=O) groups excluding carboxylic acids is 1. The van der Waals surface area contributed by atoms with E-state index in [0.717, 1.165) is 12.1 Å². The van der Waals surface area contributed by atoms with Gasteiger partial charge in [-0.25, -0.2) is 0 Å². The molecule has 1 rings (SSSR count). The molecule has 0 heterocycles. The molecule has 1 aromatic carbocycles. The van der Waals surface area contributed by atoms with E-state index in [1.165, 1.54) is 6.07 Å². The highest BCUT2D eigenvalue weighted by atomic mass is 19.4. The lowest BCUT2D eigenvalue weighted by atomic mass is 10.2. The summed E-state index contributed by atoms with van der Waals surface area (Å²) in [5.41, 5.74) is 9.01. The highest BCUT2D eigenvalue weighted by Gasteiger charge is 2.31. The highest BCUT2D eigenvalue weighted by molar-refractivity contribution is 5.75. The lowest BCUT2D eigenvalue weighted by Gasteiger charge is -2.10. The maximum Gasteiger partial charge on any atom is 0.416 e. The quantitative estimate of drug-likeness (QED) is 0.770. The Bertz CT molecular complexity index is 404. The van der Waals surface area contributed by atoms with Crippen LogP contribution < -0.4 is 16.2 Å². The molecule has 1 amide bonds. The van der Waals surface area contributed by atoms with Crippen molar-refractivity contribution >= 4 is 11.6 Å². The van der Waals surface area contributed by atoms with Crippen LogP contribution in [-0.4, -0.2) is 12.5 Å². The molecule has 88 valence electrons. The van der Waals surface area contributed by atoms with Crippen molar-refractivity contribution in [2.24, 2.45) is 5.73 Å². The number of benzene rings is 1. The number of alkyl halides is 3. The second-order valence-corrected chi connectivity index (χ2v) is 3.04. The summed E-state index contributed by atoms with van der Waals surface area (Å²) < 4.78 is 41.8. The van der Waals surface area contributed by atoms with Crippen LogP contribution in [0.4, 0.5) is 18.9 Å². The summed E-state index contributed by atoms with van der Waals surface area (Å²) in [4.78, 5) is 10.4. The van der Waals surface area contributed by atoms with Crippen LogP contribution in [0.15, 0.2) is 18.2 Å². The summed E-state index contributed by atoms with van der Waals surface area (Å²) in [6.07, 6.45) is -4.51. The fraction of sp³-hybridized carbons (Fsp3) is 0.222. The highest BCUT2D eigenvalue weighted by Crippen LogP contribution is 2.33. The minimum absolute atomic E-state index is 0.103. The molecule has 0 spiro atoms. The Morgan fingerprint density at radius 3 is 2.44 bits per heavy atom. The van der Waals surface area contributed by atoms with E-state index >= 15 is 0 Å². The van der Waals surface area contributed by atoms with Crippen molar-refractivity contribution in [2.45, 2.75) is 6.18 Å². The summed E-state index contributed by atoms with van der Waals surface area (Å²) in [7, 11) is 0. The van der Waals surface area contributed by atoms with Crippen LogP contribution in [0.25, 0.3) is 0 Å². The summed E-state index contributed by atoms with van der Waals surface area (Å²) in [6.45, 7) is -0.499. The standard InChI is InChI=1S/C9H9F3N2O2/c10-9(11,12)5-1-6(13)3-7(2-5)16-4-8(14)15/h1-3H,4,13H2,(H2,14,15). The third-order valence-corrected chi connectivity index (χ3v) is 1.64. The molecule has 16 heavy (non-hydrogen) atoms. The van der Waals surface area contributed by atoms with Gasteiger partial charge >= 0.3 is 6.18 Å². The van der Waals surface area contributed by atoms with Gasteiger partial charge in [0.15, 0.2) is 6.61 Å². The molecule has 4 nitrogen and oxygen atoms in total. The van der Waals surface area contributed by atoms with Crippen molar-refractivity contribution in [3.63, 3.8) is 0 Å². The van der Waals surface area contributed by atoms with E-state index in [0.29, 0.717) is 0 Å². The predicted octanol–water partition coefficient (Wildman–Crippen LogP) is 1.15. The number of nitrogen functional groups attached to an aromatic ring is 1. The number of carbonyl (C=O) groups is 1. The fourth-order valence-corrected chi connectivity index (χ4v) is 1.02. The number of hydrogen-bond acceptors (Lipinski definition) is 3. The minimum atomic E-state index is -4.51. The SMILES string of the molecule is NC(=O)COc1cc(N)cc(C(F)(F)F)c1. The first kappa shape index (κ1) is 12.2. The van der Waals surface area contributed by atoms with Crippen molar-refractivity contribution in [2.75, 3.05) is 12.3 Å². The Kier molecular flexibility index (Phi) is 3.26. The molecule has 0 radical (unpaired) electrons. The van der Waals surface area contributed by atoms with Crippen molar-refractivity contribution in [1.29, 1.82) is 0 Å². The minimum Gasteiger partial charge on any atom is -0.484 e. The fourth-order valence-electron chi connectivity index (χ4n) is 1.02. The van der Waals surface area contributed by atoms with Crippen LogP contribution in [0.1, 0.15) is 5.56 Å². The Hall–Kier alpha value is -1.92. The van der Waals surface area contributed by atoms with Crippen molar-refractivity contribution in [3.8, 4) is 5.75 Å². The van der Waals surface area contributed by atoms with Gasteiger partial charge in [-0.1, -0.05) is 0 Å². The lowest BCUT2D eigenvalue weighted by molar-refractivity contribution is -0.137. The number of ether oxygens (including phenoxy) is 1. The number of rotatable bonds is 3. The maximum absolute atomic E-state index is 12.3. The molecule has 0 aliphatic heterocycles. The Labute approximate surface area is 89.0 Å². The summed E-state index contributed by atoms with van der Waals surface area (Å²) in [5, 5.41) is 0. The molecule has 0 aliphatic carbocycles. The van der Waals surface area contributed by atoms with Crippen LogP contribution in [0.2, 0.25) is 0 Å². The zero-order valence-electron chi connectivity index (χ0n) is 8.04. The van der Waals surface area contributed by atoms with Gasteiger partial charge in [0, 0.05) is 11.8 Å². The molecule has 0 saturated carbocycles. The number of halogens is 3. The van der Waals surface area contributed by atoms with Crippen molar-refractivity contribution < 1.29 is 22.7 Å². The molecule has 0 bridgehead atoms.